The van der Waals surface area contributed by atoms with Crippen LogP contribution in [0.2, 0.25) is 0 Å². The van der Waals surface area contributed by atoms with Gasteiger partial charge in [-0.15, -0.1) is 11.6 Å². The number of hydrogen-bond acceptors (Lipinski definition) is 4. The van der Waals surface area contributed by atoms with E-state index >= 15 is 0 Å². The smallest absolute Gasteiger partial charge is 0.131 e. The Bertz CT molecular complexity index is 444. The third kappa shape index (κ3) is 2.67. The SMILES string of the molecule is COc1cc(OC)c(C(Cl)C2(C)CCCO2)c(OC)c1. The largest absolute Gasteiger partial charge is 0.496 e. The van der Waals surface area contributed by atoms with E-state index in [-0.39, 0.29) is 5.38 Å². The number of alkyl halides is 1. The minimum atomic E-state index is -0.406. The molecule has 0 saturated carbocycles. The fourth-order valence-corrected chi connectivity index (χ4v) is 2.98. The van der Waals surface area contributed by atoms with E-state index in [2.05, 4.69) is 0 Å². The van der Waals surface area contributed by atoms with Crippen LogP contribution in [0.4, 0.5) is 0 Å². The molecule has 0 N–H and O–H groups in total. The summed E-state index contributed by atoms with van der Waals surface area (Å²) in [5.41, 5.74) is 0.401. The van der Waals surface area contributed by atoms with Gasteiger partial charge < -0.3 is 18.9 Å². The van der Waals surface area contributed by atoms with Gasteiger partial charge >= 0.3 is 0 Å². The molecule has 20 heavy (non-hydrogen) atoms. The van der Waals surface area contributed by atoms with Crippen LogP contribution in [0.3, 0.4) is 0 Å². The standard InChI is InChI=1S/C15H21ClO4/c1-15(6-5-7-20-15)14(16)13-11(18-3)8-10(17-2)9-12(13)19-4/h8-9,14H,5-7H2,1-4H3. The molecule has 2 atom stereocenters. The van der Waals surface area contributed by atoms with E-state index in [9.17, 15) is 0 Å². The molecule has 1 aliphatic heterocycles. The van der Waals surface area contributed by atoms with Crippen molar-refractivity contribution in [3.8, 4) is 17.2 Å². The first-order valence-electron chi connectivity index (χ1n) is 6.63. The van der Waals surface area contributed by atoms with Crippen molar-refractivity contribution < 1.29 is 18.9 Å². The molecule has 0 amide bonds. The summed E-state index contributed by atoms with van der Waals surface area (Å²) in [6, 6.07) is 3.62. The third-order valence-corrected chi connectivity index (χ3v) is 4.47. The second-order valence-electron chi connectivity index (χ2n) is 5.07. The average molecular weight is 301 g/mol. The maximum atomic E-state index is 6.69. The third-order valence-electron chi connectivity index (χ3n) is 3.79. The van der Waals surface area contributed by atoms with Crippen LogP contribution in [0, 0.1) is 0 Å². The van der Waals surface area contributed by atoms with Gasteiger partial charge in [0, 0.05) is 18.7 Å². The lowest BCUT2D eigenvalue weighted by molar-refractivity contribution is 0.0155. The minimum Gasteiger partial charge on any atom is -0.496 e. The van der Waals surface area contributed by atoms with Crippen LogP contribution >= 0.6 is 11.6 Å². The van der Waals surface area contributed by atoms with E-state index in [1.807, 2.05) is 19.1 Å². The van der Waals surface area contributed by atoms with Crippen molar-refractivity contribution in [2.24, 2.45) is 0 Å². The number of ether oxygens (including phenoxy) is 4. The van der Waals surface area contributed by atoms with Crippen molar-refractivity contribution in [2.75, 3.05) is 27.9 Å². The van der Waals surface area contributed by atoms with Gasteiger partial charge in [-0.1, -0.05) is 0 Å². The zero-order valence-electron chi connectivity index (χ0n) is 12.4. The van der Waals surface area contributed by atoms with Crippen molar-refractivity contribution in [3.05, 3.63) is 17.7 Å². The van der Waals surface area contributed by atoms with Crippen molar-refractivity contribution in [1.82, 2.24) is 0 Å². The van der Waals surface area contributed by atoms with Gasteiger partial charge in [0.15, 0.2) is 0 Å². The lowest BCUT2D eigenvalue weighted by Crippen LogP contribution is -2.29. The zero-order chi connectivity index (χ0) is 14.8. The van der Waals surface area contributed by atoms with Crippen LogP contribution < -0.4 is 14.2 Å². The van der Waals surface area contributed by atoms with Gasteiger partial charge in [-0.25, -0.2) is 0 Å². The molecule has 1 aliphatic rings. The van der Waals surface area contributed by atoms with E-state index < -0.39 is 5.60 Å². The van der Waals surface area contributed by atoms with Crippen molar-refractivity contribution in [3.63, 3.8) is 0 Å². The maximum Gasteiger partial charge on any atom is 0.131 e. The predicted octanol–water partition coefficient (Wildman–Crippen LogP) is 3.56. The topological polar surface area (TPSA) is 36.9 Å². The lowest BCUT2D eigenvalue weighted by Gasteiger charge is -2.31. The summed E-state index contributed by atoms with van der Waals surface area (Å²) < 4.78 is 22.0. The number of rotatable bonds is 5. The molecule has 2 unspecified atom stereocenters. The fraction of sp³-hybridized carbons (Fsp3) is 0.600. The number of benzene rings is 1. The van der Waals surface area contributed by atoms with Crippen molar-refractivity contribution in [1.29, 1.82) is 0 Å². The summed E-state index contributed by atoms with van der Waals surface area (Å²) >= 11 is 6.69. The van der Waals surface area contributed by atoms with Gasteiger partial charge in [0.2, 0.25) is 0 Å². The molecule has 2 rings (SSSR count). The first-order valence-corrected chi connectivity index (χ1v) is 7.07. The first kappa shape index (κ1) is 15.3. The number of methoxy groups -OCH3 is 3. The summed E-state index contributed by atoms with van der Waals surface area (Å²) in [6.45, 7) is 2.77. The summed E-state index contributed by atoms with van der Waals surface area (Å²) in [7, 11) is 4.83. The molecule has 0 radical (unpaired) electrons. The Hall–Kier alpha value is -1.13. The maximum absolute atomic E-state index is 6.69. The van der Waals surface area contributed by atoms with E-state index in [1.54, 1.807) is 21.3 Å². The van der Waals surface area contributed by atoms with Gasteiger partial charge in [0.05, 0.1) is 37.9 Å². The number of halogens is 1. The average Bonchev–Trinajstić information content (AvgIpc) is 2.92. The molecular formula is C15H21ClO4. The van der Waals surface area contributed by atoms with Crippen LogP contribution in [-0.4, -0.2) is 33.5 Å². The molecule has 0 spiro atoms. The van der Waals surface area contributed by atoms with Crippen LogP contribution in [0.5, 0.6) is 17.2 Å². The Balaban J connectivity index is 2.48. The summed E-state index contributed by atoms with van der Waals surface area (Å²) in [5.74, 6) is 1.97. The van der Waals surface area contributed by atoms with E-state index in [0.29, 0.717) is 17.2 Å². The molecule has 0 aromatic heterocycles. The monoisotopic (exact) mass is 300 g/mol. The quantitative estimate of drug-likeness (QED) is 0.779. The molecule has 1 fully saturated rings. The molecule has 5 heteroatoms. The summed E-state index contributed by atoms with van der Waals surface area (Å²) in [4.78, 5) is 0. The molecular weight excluding hydrogens is 280 g/mol. The molecule has 1 aromatic rings. The number of hydrogen-bond donors (Lipinski definition) is 0. The van der Waals surface area contributed by atoms with Crippen molar-refractivity contribution >= 4 is 11.6 Å². The van der Waals surface area contributed by atoms with Crippen molar-refractivity contribution in [2.45, 2.75) is 30.7 Å². The van der Waals surface area contributed by atoms with Crippen LogP contribution in [0.1, 0.15) is 30.7 Å². The second-order valence-corrected chi connectivity index (χ2v) is 5.51. The van der Waals surface area contributed by atoms with Gasteiger partial charge in [-0.2, -0.15) is 0 Å². The molecule has 112 valence electrons. The first-order chi connectivity index (χ1) is 9.55. The van der Waals surface area contributed by atoms with E-state index in [1.165, 1.54) is 0 Å². The Morgan fingerprint density at radius 2 is 1.75 bits per heavy atom. The Morgan fingerprint density at radius 3 is 2.15 bits per heavy atom. The molecule has 1 heterocycles. The molecule has 0 aliphatic carbocycles. The molecule has 4 nitrogen and oxygen atoms in total. The summed E-state index contributed by atoms with van der Waals surface area (Å²) in [5, 5.41) is -0.346. The molecule has 0 bridgehead atoms. The lowest BCUT2D eigenvalue weighted by atomic mass is 9.91. The van der Waals surface area contributed by atoms with E-state index in [4.69, 9.17) is 30.5 Å². The highest BCUT2D eigenvalue weighted by Gasteiger charge is 2.41. The highest BCUT2D eigenvalue weighted by molar-refractivity contribution is 6.22. The van der Waals surface area contributed by atoms with Gasteiger partial charge in [-0.3, -0.25) is 0 Å². The fourth-order valence-electron chi connectivity index (χ4n) is 2.59. The van der Waals surface area contributed by atoms with Crippen LogP contribution in [0.15, 0.2) is 12.1 Å². The van der Waals surface area contributed by atoms with Gasteiger partial charge in [0.1, 0.15) is 17.2 Å². The Morgan fingerprint density at radius 1 is 1.15 bits per heavy atom. The van der Waals surface area contributed by atoms with Gasteiger partial charge in [-0.05, 0) is 19.8 Å². The van der Waals surface area contributed by atoms with E-state index in [0.717, 1.165) is 25.0 Å². The Kier molecular flexibility index (Phi) is 4.66. The second kappa shape index (κ2) is 6.10. The van der Waals surface area contributed by atoms with Gasteiger partial charge in [0.25, 0.3) is 0 Å². The van der Waals surface area contributed by atoms with Crippen LogP contribution in [-0.2, 0) is 4.74 Å². The zero-order valence-corrected chi connectivity index (χ0v) is 13.1. The highest BCUT2D eigenvalue weighted by atomic mass is 35.5. The Labute approximate surface area is 124 Å². The summed E-state index contributed by atoms with van der Waals surface area (Å²) in [6.07, 6.45) is 1.93. The highest BCUT2D eigenvalue weighted by Crippen LogP contribution is 2.49. The molecule has 1 saturated heterocycles. The normalized spacial score (nSPS) is 23.4. The minimum absolute atomic E-state index is 0.346. The van der Waals surface area contributed by atoms with Crippen LogP contribution in [0.25, 0.3) is 0 Å². The predicted molar refractivity (Wildman–Crippen MR) is 78.3 cm³/mol. The molecule has 1 aromatic carbocycles.